The molecule has 0 aromatic heterocycles. The van der Waals surface area contributed by atoms with Gasteiger partial charge in [-0.2, -0.15) is 0 Å². The van der Waals surface area contributed by atoms with Crippen molar-refractivity contribution >= 4 is 27.9 Å². The summed E-state index contributed by atoms with van der Waals surface area (Å²) in [5, 5.41) is 2.75. The fourth-order valence-electron chi connectivity index (χ4n) is 4.70. The quantitative estimate of drug-likeness (QED) is 0.558. The highest BCUT2D eigenvalue weighted by Gasteiger charge is 2.29. The van der Waals surface area contributed by atoms with E-state index in [1.54, 1.807) is 6.07 Å². The van der Waals surface area contributed by atoms with Crippen molar-refractivity contribution in [3.63, 3.8) is 0 Å². The third-order valence-electron chi connectivity index (χ3n) is 6.28. The summed E-state index contributed by atoms with van der Waals surface area (Å²) in [5.74, 6) is 0.218. The lowest BCUT2D eigenvalue weighted by molar-refractivity contribution is 0.144. The van der Waals surface area contributed by atoms with Gasteiger partial charge < -0.3 is 10.1 Å². The summed E-state index contributed by atoms with van der Waals surface area (Å²) in [6.07, 6.45) is 3.85. The lowest BCUT2D eigenvalue weighted by atomic mass is 9.98. The molecule has 1 heterocycles. The Kier molecular flexibility index (Phi) is 6.11. The van der Waals surface area contributed by atoms with Crippen molar-refractivity contribution in [2.24, 2.45) is 0 Å². The van der Waals surface area contributed by atoms with Crippen LogP contribution < -0.4 is 9.62 Å². The van der Waals surface area contributed by atoms with Crippen LogP contribution >= 0.6 is 0 Å². The van der Waals surface area contributed by atoms with Gasteiger partial charge in [0.1, 0.15) is 6.61 Å². The molecule has 174 valence electrons. The summed E-state index contributed by atoms with van der Waals surface area (Å²) in [6, 6.07) is 23.8. The zero-order valence-corrected chi connectivity index (χ0v) is 19.5. The number of hydrogen-bond acceptors (Lipinski definition) is 4. The van der Waals surface area contributed by atoms with Crippen LogP contribution in [0, 0.1) is 0 Å². The molecule has 0 bridgehead atoms. The zero-order valence-electron chi connectivity index (χ0n) is 18.7. The van der Waals surface area contributed by atoms with Crippen molar-refractivity contribution in [3.8, 4) is 11.1 Å². The first-order valence-electron chi connectivity index (χ1n) is 11.4. The van der Waals surface area contributed by atoms with Crippen molar-refractivity contribution in [3.05, 3.63) is 95.6 Å². The Labute approximate surface area is 199 Å². The van der Waals surface area contributed by atoms with Crippen LogP contribution in [-0.4, -0.2) is 40.0 Å². The van der Waals surface area contributed by atoms with Gasteiger partial charge in [0.2, 0.25) is 10.0 Å². The Morgan fingerprint density at radius 2 is 1.71 bits per heavy atom. The van der Waals surface area contributed by atoms with E-state index in [1.165, 1.54) is 26.6 Å². The minimum absolute atomic E-state index is 0.0262. The summed E-state index contributed by atoms with van der Waals surface area (Å²) in [7, 11) is -3.21. The standard InChI is InChI=1S/C27H26N2O4S/c30-27(33-19-26-24-13-3-1-11-22(24)23-12-2-4-14-25(23)26)28-15-6-9-20-8-5-10-21(18-20)29-16-7-17-34(29,31)32/h1-6,8-14,18,26H,7,15-17,19H2,(H,28,30). The minimum atomic E-state index is -3.21. The van der Waals surface area contributed by atoms with E-state index in [-0.39, 0.29) is 18.3 Å². The van der Waals surface area contributed by atoms with Crippen LogP contribution in [0.3, 0.4) is 0 Å². The number of alkyl carbamates (subject to hydrolysis) is 1. The number of amides is 1. The second-order valence-electron chi connectivity index (χ2n) is 8.45. The molecular weight excluding hydrogens is 448 g/mol. The molecule has 0 atom stereocenters. The lowest BCUT2D eigenvalue weighted by Crippen LogP contribution is -2.26. The normalized spacial score (nSPS) is 16.4. The second-order valence-corrected chi connectivity index (χ2v) is 10.5. The number of sulfonamides is 1. The van der Waals surface area contributed by atoms with Crippen molar-refractivity contribution in [2.45, 2.75) is 12.3 Å². The lowest BCUT2D eigenvalue weighted by Gasteiger charge is -2.17. The Morgan fingerprint density at radius 1 is 1.00 bits per heavy atom. The van der Waals surface area contributed by atoms with E-state index in [0.29, 0.717) is 25.2 Å². The van der Waals surface area contributed by atoms with E-state index in [2.05, 4.69) is 29.6 Å². The molecule has 5 rings (SSSR count). The van der Waals surface area contributed by atoms with Crippen LogP contribution in [0.5, 0.6) is 0 Å². The van der Waals surface area contributed by atoms with Gasteiger partial charge >= 0.3 is 6.09 Å². The molecule has 0 saturated carbocycles. The van der Waals surface area contributed by atoms with Crippen LogP contribution in [0.1, 0.15) is 29.0 Å². The molecule has 2 aliphatic rings. The molecule has 1 N–H and O–H groups in total. The molecule has 0 radical (unpaired) electrons. The molecule has 1 aliphatic carbocycles. The molecule has 1 aliphatic heterocycles. The maximum atomic E-state index is 12.3. The molecule has 3 aromatic carbocycles. The van der Waals surface area contributed by atoms with Crippen LogP contribution in [0.2, 0.25) is 0 Å². The highest BCUT2D eigenvalue weighted by Crippen LogP contribution is 2.44. The number of nitrogens with one attached hydrogen (secondary N) is 1. The molecule has 1 fully saturated rings. The Balaban J connectivity index is 1.16. The number of carbonyl (C=O) groups excluding carboxylic acids is 1. The van der Waals surface area contributed by atoms with Crippen molar-refractivity contribution in [2.75, 3.05) is 29.8 Å². The van der Waals surface area contributed by atoms with Gasteiger partial charge in [0, 0.05) is 19.0 Å². The van der Waals surface area contributed by atoms with Gasteiger partial charge in [-0.15, -0.1) is 0 Å². The van der Waals surface area contributed by atoms with Crippen molar-refractivity contribution in [1.82, 2.24) is 5.32 Å². The van der Waals surface area contributed by atoms with Gasteiger partial charge in [0.05, 0.1) is 11.4 Å². The molecule has 7 heteroatoms. The average Bonchev–Trinajstić information content (AvgIpc) is 3.37. The second kappa shape index (κ2) is 9.35. The first-order chi connectivity index (χ1) is 16.5. The third-order valence-corrected chi connectivity index (χ3v) is 8.15. The highest BCUT2D eigenvalue weighted by molar-refractivity contribution is 7.93. The predicted molar refractivity (Wildman–Crippen MR) is 134 cm³/mol. The molecule has 1 amide bonds. The van der Waals surface area contributed by atoms with Gasteiger partial charge in [-0.05, 0) is 46.4 Å². The minimum Gasteiger partial charge on any atom is -0.449 e. The SMILES string of the molecule is O=C(NCC=Cc1cccc(N2CCCS2(=O)=O)c1)OCC1c2ccccc2-c2ccccc21. The number of ether oxygens (including phenoxy) is 1. The number of anilines is 1. The molecule has 0 unspecified atom stereocenters. The number of hydrogen-bond donors (Lipinski definition) is 1. The summed E-state index contributed by atoms with van der Waals surface area (Å²) in [6.45, 7) is 1.09. The number of carbonyl (C=O) groups is 1. The van der Waals surface area contributed by atoms with Gasteiger partial charge in [-0.25, -0.2) is 13.2 Å². The predicted octanol–water partition coefficient (Wildman–Crippen LogP) is 4.78. The monoisotopic (exact) mass is 474 g/mol. The molecular formula is C27H26N2O4S. The summed E-state index contributed by atoms with van der Waals surface area (Å²) >= 11 is 0. The number of benzene rings is 3. The molecule has 6 nitrogen and oxygen atoms in total. The molecule has 3 aromatic rings. The zero-order chi connectivity index (χ0) is 23.5. The molecule has 34 heavy (non-hydrogen) atoms. The summed E-state index contributed by atoms with van der Waals surface area (Å²) in [4.78, 5) is 12.3. The first-order valence-corrected chi connectivity index (χ1v) is 13.0. The molecule has 1 saturated heterocycles. The van der Waals surface area contributed by atoms with E-state index >= 15 is 0 Å². The van der Waals surface area contributed by atoms with E-state index in [0.717, 1.165) is 5.56 Å². The Bertz CT molecular complexity index is 1300. The fraction of sp³-hybridized carbons (Fsp3) is 0.222. The maximum Gasteiger partial charge on any atom is 0.407 e. The van der Waals surface area contributed by atoms with Gasteiger partial charge in [0.15, 0.2) is 0 Å². The van der Waals surface area contributed by atoms with Gasteiger partial charge in [0.25, 0.3) is 0 Å². The van der Waals surface area contributed by atoms with Crippen LogP contribution in [0.4, 0.5) is 10.5 Å². The van der Waals surface area contributed by atoms with Crippen LogP contribution in [0.15, 0.2) is 78.9 Å². The first kappa shape index (κ1) is 22.2. The number of fused-ring (bicyclic) bond motifs is 3. The van der Waals surface area contributed by atoms with E-state index < -0.39 is 16.1 Å². The van der Waals surface area contributed by atoms with Crippen LogP contribution in [-0.2, 0) is 14.8 Å². The Hall–Kier alpha value is -3.58. The topological polar surface area (TPSA) is 75.7 Å². The van der Waals surface area contributed by atoms with Crippen molar-refractivity contribution < 1.29 is 17.9 Å². The van der Waals surface area contributed by atoms with E-state index in [9.17, 15) is 13.2 Å². The van der Waals surface area contributed by atoms with E-state index in [1.807, 2.05) is 54.6 Å². The maximum absolute atomic E-state index is 12.3. The fourth-order valence-corrected chi connectivity index (χ4v) is 6.26. The third kappa shape index (κ3) is 4.43. The van der Waals surface area contributed by atoms with Gasteiger partial charge in [-0.3, -0.25) is 4.31 Å². The smallest absolute Gasteiger partial charge is 0.407 e. The van der Waals surface area contributed by atoms with Crippen LogP contribution in [0.25, 0.3) is 17.2 Å². The summed E-state index contributed by atoms with van der Waals surface area (Å²) in [5.41, 5.74) is 6.28. The largest absolute Gasteiger partial charge is 0.449 e. The number of rotatable bonds is 6. The number of nitrogens with zero attached hydrogens (tertiary/aromatic N) is 1. The highest BCUT2D eigenvalue weighted by atomic mass is 32.2. The average molecular weight is 475 g/mol. The van der Waals surface area contributed by atoms with E-state index in [4.69, 9.17) is 4.74 Å². The Morgan fingerprint density at radius 3 is 2.38 bits per heavy atom. The molecule has 0 spiro atoms. The van der Waals surface area contributed by atoms with Crippen molar-refractivity contribution in [1.29, 1.82) is 0 Å². The van der Waals surface area contributed by atoms with Gasteiger partial charge in [-0.1, -0.05) is 72.8 Å². The summed E-state index contributed by atoms with van der Waals surface area (Å²) < 4.78 is 31.3.